The van der Waals surface area contributed by atoms with Crippen LogP contribution < -0.4 is 4.90 Å². The van der Waals surface area contributed by atoms with Crippen molar-refractivity contribution in [2.24, 2.45) is 0 Å². The van der Waals surface area contributed by atoms with Crippen molar-refractivity contribution < 1.29 is 9.59 Å². The van der Waals surface area contributed by atoms with Crippen molar-refractivity contribution in [1.29, 1.82) is 0 Å². The van der Waals surface area contributed by atoms with Crippen molar-refractivity contribution in [3.05, 3.63) is 65.2 Å². The fourth-order valence-electron chi connectivity index (χ4n) is 2.88. The molecule has 0 aliphatic carbocycles. The zero-order valence-corrected chi connectivity index (χ0v) is 16.9. The van der Waals surface area contributed by atoms with Gasteiger partial charge in [-0.25, -0.2) is 0 Å². The van der Waals surface area contributed by atoms with Crippen LogP contribution in [0.2, 0.25) is 0 Å². The largest absolute Gasteiger partial charge is 0.308 e. The molecule has 2 aromatic rings. The molecule has 0 N–H and O–H groups in total. The van der Waals surface area contributed by atoms with Gasteiger partial charge in [0.1, 0.15) is 0 Å². The second-order valence-corrected chi connectivity index (χ2v) is 8.79. The molecular formula is C23H29NO2. The number of benzene rings is 2. The number of carbonyl (C=O) groups is 2. The summed E-state index contributed by atoms with van der Waals surface area (Å²) >= 11 is 0. The summed E-state index contributed by atoms with van der Waals surface area (Å²) in [6.07, 6.45) is 0. The highest BCUT2D eigenvalue weighted by Crippen LogP contribution is 2.35. The number of hydrogen-bond acceptors (Lipinski definition) is 2. The highest BCUT2D eigenvalue weighted by molar-refractivity contribution is 6.47. The molecule has 0 bridgehead atoms. The van der Waals surface area contributed by atoms with Crippen LogP contribution in [0.15, 0.2) is 48.5 Å². The molecule has 0 aliphatic heterocycles. The topological polar surface area (TPSA) is 37.4 Å². The molecule has 0 saturated carbocycles. The first-order valence-corrected chi connectivity index (χ1v) is 8.95. The number of ketones is 1. The Morgan fingerprint density at radius 2 is 1.38 bits per heavy atom. The Hall–Kier alpha value is -2.42. The maximum Gasteiger partial charge on any atom is 0.299 e. The van der Waals surface area contributed by atoms with Gasteiger partial charge in [0.05, 0.1) is 0 Å². The molecule has 0 radical (unpaired) electrons. The van der Waals surface area contributed by atoms with Crippen molar-refractivity contribution in [2.45, 2.75) is 52.4 Å². The Morgan fingerprint density at radius 3 is 1.88 bits per heavy atom. The highest BCUT2D eigenvalue weighted by atomic mass is 16.2. The van der Waals surface area contributed by atoms with E-state index in [1.807, 2.05) is 12.1 Å². The van der Waals surface area contributed by atoms with Crippen LogP contribution in [0.4, 0.5) is 5.69 Å². The molecular weight excluding hydrogens is 322 g/mol. The summed E-state index contributed by atoms with van der Waals surface area (Å²) in [6.45, 7) is 12.7. The van der Waals surface area contributed by atoms with Gasteiger partial charge in [0, 0.05) is 18.3 Å². The molecule has 3 heteroatoms. The van der Waals surface area contributed by atoms with Crippen molar-refractivity contribution in [1.82, 2.24) is 0 Å². The Labute approximate surface area is 157 Å². The number of nitrogens with zero attached hydrogens (tertiary/aromatic N) is 1. The van der Waals surface area contributed by atoms with E-state index in [9.17, 15) is 9.59 Å². The maximum atomic E-state index is 12.9. The molecule has 0 spiro atoms. The summed E-state index contributed by atoms with van der Waals surface area (Å²) in [5, 5.41) is 0. The molecule has 0 atom stereocenters. The average molecular weight is 351 g/mol. The number of amides is 1. The molecule has 0 aliphatic rings. The van der Waals surface area contributed by atoms with Gasteiger partial charge in [-0.3, -0.25) is 9.59 Å². The number of likely N-dealkylation sites (N-methyl/N-ethyl adjacent to an activating group) is 1. The third kappa shape index (κ3) is 4.21. The van der Waals surface area contributed by atoms with Gasteiger partial charge in [0.2, 0.25) is 0 Å². The molecule has 1 amide bonds. The Kier molecular flexibility index (Phi) is 5.41. The fraction of sp³-hybridized carbons (Fsp3) is 0.391. The normalized spacial score (nSPS) is 12.0. The van der Waals surface area contributed by atoms with Gasteiger partial charge in [0.25, 0.3) is 11.7 Å². The molecule has 0 fully saturated rings. The van der Waals surface area contributed by atoms with Gasteiger partial charge in [-0.15, -0.1) is 0 Å². The zero-order valence-electron chi connectivity index (χ0n) is 16.9. The lowest BCUT2D eigenvalue weighted by atomic mass is 9.81. The minimum absolute atomic E-state index is 0.0432. The maximum absolute atomic E-state index is 12.9. The predicted octanol–water partition coefficient (Wildman–Crippen LogP) is 5.13. The van der Waals surface area contributed by atoms with Crippen LogP contribution in [0.3, 0.4) is 0 Å². The summed E-state index contributed by atoms with van der Waals surface area (Å²) in [4.78, 5) is 27.0. The second kappa shape index (κ2) is 7.06. The summed E-state index contributed by atoms with van der Waals surface area (Å²) in [5.74, 6) is -1.01. The quantitative estimate of drug-likeness (QED) is 0.568. The molecule has 2 rings (SSSR count). The van der Waals surface area contributed by atoms with Crippen LogP contribution >= 0.6 is 0 Å². The second-order valence-electron chi connectivity index (χ2n) is 8.79. The molecule has 0 aromatic heterocycles. The molecule has 26 heavy (non-hydrogen) atoms. The van der Waals surface area contributed by atoms with E-state index in [4.69, 9.17) is 0 Å². The van der Waals surface area contributed by atoms with Crippen molar-refractivity contribution in [2.75, 3.05) is 11.9 Å². The highest BCUT2D eigenvalue weighted by Gasteiger charge is 2.28. The summed E-state index contributed by atoms with van der Waals surface area (Å²) < 4.78 is 0. The molecule has 0 unspecified atom stereocenters. The van der Waals surface area contributed by atoms with Gasteiger partial charge in [-0.2, -0.15) is 0 Å². The fourth-order valence-corrected chi connectivity index (χ4v) is 2.88. The minimum Gasteiger partial charge on any atom is -0.308 e. The minimum atomic E-state index is -0.521. The number of anilines is 1. The van der Waals surface area contributed by atoms with Crippen LogP contribution in [0, 0.1) is 0 Å². The van der Waals surface area contributed by atoms with E-state index in [0.29, 0.717) is 5.56 Å². The molecule has 2 aromatic carbocycles. The van der Waals surface area contributed by atoms with Crippen LogP contribution in [-0.4, -0.2) is 18.7 Å². The van der Waals surface area contributed by atoms with Gasteiger partial charge in [0.15, 0.2) is 0 Å². The van der Waals surface area contributed by atoms with E-state index < -0.39 is 11.7 Å². The number of hydrogen-bond donors (Lipinski definition) is 0. The van der Waals surface area contributed by atoms with Gasteiger partial charge < -0.3 is 4.90 Å². The van der Waals surface area contributed by atoms with Crippen molar-refractivity contribution in [3.63, 3.8) is 0 Å². The van der Waals surface area contributed by atoms with E-state index in [1.54, 1.807) is 31.3 Å². The SMILES string of the molecule is CN(C(=O)C(=O)c1ccccc1)c1cc(C(C)(C)C)ccc1C(C)(C)C. The van der Waals surface area contributed by atoms with Crippen LogP contribution in [-0.2, 0) is 15.6 Å². The Bertz CT molecular complexity index is 808. The standard InChI is InChI=1S/C23H29NO2/c1-22(2,3)17-13-14-18(23(4,5)6)19(15-17)24(7)21(26)20(25)16-11-9-8-10-12-16/h8-15H,1-7H3. The first-order valence-electron chi connectivity index (χ1n) is 8.95. The van der Waals surface area contributed by atoms with E-state index in [1.165, 1.54) is 4.90 Å². The predicted molar refractivity (Wildman–Crippen MR) is 108 cm³/mol. The lowest BCUT2D eigenvalue weighted by molar-refractivity contribution is -0.114. The number of Topliss-reactive ketones (excluding diaryl/α,β-unsaturated/α-hetero) is 1. The van der Waals surface area contributed by atoms with Gasteiger partial charge >= 0.3 is 0 Å². The zero-order chi connectivity index (χ0) is 19.7. The van der Waals surface area contributed by atoms with Crippen molar-refractivity contribution >= 4 is 17.4 Å². The lowest BCUT2D eigenvalue weighted by Gasteiger charge is -2.30. The van der Waals surface area contributed by atoms with E-state index in [2.05, 4.69) is 53.7 Å². The third-order valence-electron chi connectivity index (χ3n) is 4.57. The van der Waals surface area contributed by atoms with E-state index >= 15 is 0 Å². The number of carbonyl (C=O) groups excluding carboxylic acids is 2. The number of rotatable bonds is 3. The third-order valence-corrected chi connectivity index (χ3v) is 4.57. The molecule has 0 saturated heterocycles. The van der Waals surface area contributed by atoms with E-state index in [0.717, 1.165) is 16.8 Å². The van der Waals surface area contributed by atoms with E-state index in [-0.39, 0.29) is 10.8 Å². The average Bonchev–Trinajstić information content (AvgIpc) is 2.58. The molecule has 3 nitrogen and oxygen atoms in total. The van der Waals surface area contributed by atoms with Crippen LogP contribution in [0.5, 0.6) is 0 Å². The Balaban J connectivity index is 2.50. The molecule has 138 valence electrons. The summed E-state index contributed by atoms with van der Waals surface area (Å²) in [5.41, 5.74) is 3.19. The molecule has 0 heterocycles. The first-order chi connectivity index (χ1) is 11.9. The smallest absolute Gasteiger partial charge is 0.299 e. The Morgan fingerprint density at radius 1 is 0.808 bits per heavy atom. The lowest BCUT2D eigenvalue weighted by Crippen LogP contribution is -2.35. The van der Waals surface area contributed by atoms with Crippen molar-refractivity contribution in [3.8, 4) is 0 Å². The first kappa shape index (κ1) is 19.9. The summed E-state index contributed by atoms with van der Waals surface area (Å²) in [7, 11) is 1.68. The van der Waals surface area contributed by atoms with Crippen LogP contribution in [0.1, 0.15) is 63.0 Å². The van der Waals surface area contributed by atoms with Gasteiger partial charge in [-0.05, 0) is 28.0 Å². The van der Waals surface area contributed by atoms with Crippen LogP contribution in [0.25, 0.3) is 0 Å². The monoisotopic (exact) mass is 351 g/mol. The van der Waals surface area contributed by atoms with Gasteiger partial charge in [-0.1, -0.05) is 84.0 Å². The summed E-state index contributed by atoms with van der Waals surface area (Å²) in [6, 6.07) is 14.9.